The van der Waals surface area contributed by atoms with Crippen molar-refractivity contribution in [3.05, 3.63) is 65.3 Å². The summed E-state index contributed by atoms with van der Waals surface area (Å²) in [6, 6.07) is 11.7. The number of aryl methyl sites for hydroxylation is 2. The molecule has 0 amide bonds. The van der Waals surface area contributed by atoms with Crippen LogP contribution in [0.1, 0.15) is 92.0 Å². The van der Waals surface area contributed by atoms with Gasteiger partial charge >= 0.3 is 0 Å². The number of nitrogens with zero attached hydrogens (tertiary/aromatic N) is 1. The number of benzene rings is 1. The maximum absolute atomic E-state index is 11.5. The number of rotatable bonds is 2. The zero-order chi connectivity index (χ0) is 26.9. The summed E-state index contributed by atoms with van der Waals surface area (Å²) in [6.45, 7) is 17.7. The first-order chi connectivity index (χ1) is 16.6. The first kappa shape index (κ1) is 31.0. The van der Waals surface area contributed by atoms with E-state index in [1.54, 1.807) is 0 Å². The molecule has 0 aliphatic heterocycles. The number of hydrogen-bond acceptors (Lipinski definition) is 4. The molecule has 37 heavy (non-hydrogen) atoms. The molecule has 0 saturated carbocycles. The van der Waals surface area contributed by atoms with Gasteiger partial charge in [0.25, 0.3) is 0 Å². The van der Waals surface area contributed by atoms with Gasteiger partial charge in [0, 0.05) is 49.6 Å². The molecular formula is C32H42IrNO3-. The fourth-order valence-electron chi connectivity index (χ4n) is 3.96. The van der Waals surface area contributed by atoms with Crippen LogP contribution in [0.4, 0.5) is 0 Å². The summed E-state index contributed by atoms with van der Waals surface area (Å²) < 4.78 is 6.20. The Morgan fingerprint density at radius 2 is 1.62 bits per heavy atom. The van der Waals surface area contributed by atoms with Crippen molar-refractivity contribution >= 4 is 16.8 Å². The molecule has 203 valence electrons. The van der Waals surface area contributed by atoms with E-state index in [-0.39, 0.29) is 42.5 Å². The Labute approximate surface area is 236 Å². The molecule has 0 spiro atoms. The fourth-order valence-corrected chi connectivity index (χ4v) is 3.96. The SMILES string of the molecule is CC(C)(C)C(=O)/C=C(\O)C(C)(C)C.CC(C)(C)c1ccc(-c2[c-]ccc3c4c(oc23)CCCC4)nc1.[Ir]. The summed E-state index contributed by atoms with van der Waals surface area (Å²) in [4.78, 5) is 16.2. The van der Waals surface area contributed by atoms with Gasteiger partial charge in [-0.2, -0.15) is 0 Å². The van der Waals surface area contributed by atoms with Gasteiger partial charge in [-0.3, -0.25) is 4.79 Å². The van der Waals surface area contributed by atoms with Gasteiger partial charge < -0.3 is 14.5 Å². The van der Waals surface area contributed by atoms with Crippen molar-refractivity contribution in [1.29, 1.82) is 0 Å². The molecule has 0 fully saturated rings. The summed E-state index contributed by atoms with van der Waals surface area (Å²) in [5.41, 5.74) is 4.87. The summed E-state index contributed by atoms with van der Waals surface area (Å²) in [5.74, 6) is 1.27. The summed E-state index contributed by atoms with van der Waals surface area (Å²) in [5, 5.41) is 10.8. The van der Waals surface area contributed by atoms with E-state index in [1.165, 1.54) is 41.2 Å². The smallest absolute Gasteiger partial charge is 0.164 e. The van der Waals surface area contributed by atoms with Crippen LogP contribution < -0.4 is 0 Å². The van der Waals surface area contributed by atoms with Gasteiger partial charge in [-0.05, 0) is 41.5 Å². The Morgan fingerprint density at radius 1 is 0.973 bits per heavy atom. The number of aliphatic hydroxyl groups excluding tert-OH is 1. The van der Waals surface area contributed by atoms with Crippen molar-refractivity contribution in [2.45, 2.75) is 93.4 Å². The molecule has 0 bridgehead atoms. The van der Waals surface area contributed by atoms with Crippen LogP contribution in [0.5, 0.6) is 0 Å². The van der Waals surface area contributed by atoms with Crippen molar-refractivity contribution in [3.63, 3.8) is 0 Å². The molecule has 0 unspecified atom stereocenters. The van der Waals surface area contributed by atoms with Gasteiger partial charge in [0.2, 0.25) is 0 Å². The molecule has 2 heterocycles. The minimum Gasteiger partial charge on any atom is -0.512 e. The second-order valence-corrected chi connectivity index (χ2v) is 12.9. The van der Waals surface area contributed by atoms with Crippen LogP contribution in [0.2, 0.25) is 0 Å². The van der Waals surface area contributed by atoms with Crippen LogP contribution in [0.15, 0.2) is 46.7 Å². The van der Waals surface area contributed by atoms with Crippen LogP contribution >= 0.6 is 0 Å². The minimum atomic E-state index is -0.417. The van der Waals surface area contributed by atoms with Crippen LogP contribution in [0.3, 0.4) is 0 Å². The third kappa shape index (κ3) is 7.65. The number of furan rings is 1. The van der Waals surface area contributed by atoms with Crippen molar-refractivity contribution in [2.24, 2.45) is 10.8 Å². The van der Waals surface area contributed by atoms with E-state index in [2.05, 4.69) is 50.0 Å². The zero-order valence-electron chi connectivity index (χ0n) is 23.8. The first-order valence-electron chi connectivity index (χ1n) is 13.0. The molecule has 1 aliphatic carbocycles. The Bertz CT molecular complexity index is 1250. The van der Waals surface area contributed by atoms with E-state index in [0.717, 1.165) is 29.7 Å². The molecular weight excluding hydrogens is 639 g/mol. The second-order valence-electron chi connectivity index (χ2n) is 12.9. The molecule has 1 aliphatic rings. The minimum absolute atomic E-state index is 0. The fraction of sp³-hybridized carbons (Fsp3) is 0.500. The second kappa shape index (κ2) is 11.7. The number of fused-ring (bicyclic) bond motifs is 3. The topological polar surface area (TPSA) is 63.3 Å². The molecule has 1 N–H and O–H groups in total. The molecule has 4 nitrogen and oxygen atoms in total. The summed E-state index contributed by atoms with van der Waals surface area (Å²) >= 11 is 0. The number of pyridine rings is 1. The Balaban J connectivity index is 0.000000299. The molecule has 2 aromatic heterocycles. The van der Waals surface area contributed by atoms with E-state index in [1.807, 2.05) is 53.8 Å². The third-order valence-electron chi connectivity index (χ3n) is 6.58. The van der Waals surface area contributed by atoms with Gasteiger partial charge in [-0.25, -0.2) is 0 Å². The maximum Gasteiger partial charge on any atom is 0.164 e. The van der Waals surface area contributed by atoms with Gasteiger partial charge in [-0.15, -0.1) is 18.2 Å². The number of ketones is 1. The van der Waals surface area contributed by atoms with Crippen molar-refractivity contribution in [3.8, 4) is 11.3 Å². The average molecular weight is 681 g/mol. The molecule has 1 aromatic carbocycles. The standard InChI is InChI=1S/C21H22NO.C11H20O2.Ir/c1-21(2,3)14-11-12-18(22-13-14)17-9-6-8-16-15-7-4-5-10-19(15)23-20(16)17;1-10(2,3)8(12)7-9(13)11(4,5)6;/h6,8,11-13H,4-5,7,10H2,1-3H3;7,12H,1-6H3;/q-1;;/b;8-7-;. The van der Waals surface area contributed by atoms with Crippen LogP contribution in [0.25, 0.3) is 22.2 Å². The molecule has 0 atom stereocenters. The van der Waals surface area contributed by atoms with Crippen molar-refractivity contribution in [1.82, 2.24) is 4.98 Å². The monoisotopic (exact) mass is 681 g/mol. The molecule has 5 heteroatoms. The van der Waals surface area contributed by atoms with Crippen LogP contribution in [0, 0.1) is 16.9 Å². The molecule has 1 radical (unpaired) electrons. The normalized spacial score (nSPS) is 14.4. The van der Waals surface area contributed by atoms with E-state index >= 15 is 0 Å². The van der Waals surface area contributed by atoms with Gasteiger partial charge in [-0.1, -0.05) is 85.4 Å². The van der Waals surface area contributed by atoms with Crippen molar-refractivity contribution in [2.75, 3.05) is 0 Å². The van der Waals surface area contributed by atoms with Crippen LogP contribution in [-0.2, 0) is 43.2 Å². The maximum atomic E-state index is 11.5. The van der Waals surface area contributed by atoms with Gasteiger partial charge in [0.15, 0.2) is 5.78 Å². The quantitative estimate of drug-likeness (QED) is 0.167. The first-order valence-corrected chi connectivity index (χ1v) is 13.0. The number of allylic oxidation sites excluding steroid dienone is 2. The summed E-state index contributed by atoms with van der Waals surface area (Å²) in [7, 11) is 0. The number of aliphatic hydroxyl groups is 1. The Kier molecular flexibility index (Phi) is 9.77. The van der Waals surface area contributed by atoms with Crippen molar-refractivity contribution < 1.29 is 34.4 Å². The number of carbonyl (C=O) groups is 1. The zero-order valence-corrected chi connectivity index (χ0v) is 26.2. The van der Waals surface area contributed by atoms with Crippen LogP contribution in [-0.4, -0.2) is 15.9 Å². The van der Waals surface area contributed by atoms with E-state index in [4.69, 9.17) is 4.42 Å². The largest absolute Gasteiger partial charge is 0.512 e. The van der Waals surface area contributed by atoms with E-state index < -0.39 is 5.41 Å². The van der Waals surface area contributed by atoms with E-state index in [0.29, 0.717) is 0 Å². The Hall–Kier alpha value is -2.23. The molecule has 3 aromatic rings. The predicted molar refractivity (Wildman–Crippen MR) is 148 cm³/mol. The predicted octanol–water partition coefficient (Wildman–Crippen LogP) is 8.56. The van der Waals surface area contributed by atoms with Gasteiger partial charge in [0.1, 0.15) is 5.76 Å². The number of carbonyl (C=O) groups excluding carboxylic acids is 1. The summed E-state index contributed by atoms with van der Waals surface area (Å²) in [6.07, 6.45) is 7.98. The molecule has 4 rings (SSSR count). The number of aromatic nitrogens is 1. The Morgan fingerprint density at radius 3 is 2.16 bits per heavy atom. The number of hydrogen-bond donors (Lipinski definition) is 1. The van der Waals surface area contributed by atoms with E-state index in [9.17, 15) is 9.90 Å². The van der Waals surface area contributed by atoms with Gasteiger partial charge in [0.05, 0.1) is 11.3 Å². The average Bonchev–Trinajstić information content (AvgIpc) is 3.16. The third-order valence-corrected chi connectivity index (χ3v) is 6.58. The molecule has 0 saturated heterocycles.